The molecule has 0 atom stereocenters. The number of hydrogen-bond donors (Lipinski definition) is 2. The largest absolute Gasteiger partial charge is 0.322 e. The van der Waals surface area contributed by atoms with E-state index in [4.69, 9.17) is 0 Å². The van der Waals surface area contributed by atoms with Gasteiger partial charge in [-0.15, -0.1) is 0 Å². The second-order valence-corrected chi connectivity index (χ2v) is 8.03. The molecule has 0 unspecified atom stereocenters. The van der Waals surface area contributed by atoms with Crippen LogP contribution in [-0.4, -0.2) is 18.7 Å². The number of pyridine rings is 1. The summed E-state index contributed by atoms with van der Waals surface area (Å²) in [6, 6.07) is 7.53. The average molecular weight is 320 g/mol. The lowest BCUT2D eigenvalue weighted by Gasteiger charge is -2.12. The van der Waals surface area contributed by atoms with Gasteiger partial charge in [-0.05, 0) is 43.4 Å². The highest BCUT2D eigenvalue weighted by Crippen LogP contribution is 2.24. The van der Waals surface area contributed by atoms with Crippen LogP contribution in [0, 0.1) is 6.92 Å². The zero-order valence-electron chi connectivity index (χ0n) is 12.6. The van der Waals surface area contributed by atoms with Gasteiger partial charge >= 0.3 is 0 Å². The monoisotopic (exact) mass is 320 g/mol. The zero-order valence-corrected chi connectivity index (χ0v) is 13.4. The van der Waals surface area contributed by atoms with Crippen LogP contribution >= 0.6 is 0 Å². The van der Waals surface area contributed by atoms with E-state index >= 15 is 0 Å². The molecule has 1 heterocycles. The van der Waals surface area contributed by atoms with Crippen LogP contribution in [0.1, 0.15) is 36.8 Å². The minimum Gasteiger partial charge on any atom is -0.322 e. The van der Waals surface area contributed by atoms with E-state index in [1.54, 1.807) is 6.07 Å². The van der Waals surface area contributed by atoms with Gasteiger partial charge in [0.25, 0.3) is 5.56 Å². The molecule has 3 rings (SSSR count). The van der Waals surface area contributed by atoms with Gasteiger partial charge in [0.2, 0.25) is 10.0 Å². The average Bonchev–Trinajstić information content (AvgIpc) is 3.00. The Morgan fingerprint density at radius 2 is 1.95 bits per heavy atom. The summed E-state index contributed by atoms with van der Waals surface area (Å²) in [5, 5.41) is 0.601. The number of aromatic amines is 1. The van der Waals surface area contributed by atoms with Crippen molar-refractivity contribution in [2.75, 3.05) is 0 Å². The highest BCUT2D eigenvalue weighted by Gasteiger charge is 2.28. The lowest BCUT2D eigenvalue weighted by Crippen LogP contribution is -2.33. The van der Waals surface area contributed by atoms with Crippen molar-refractivity contribution < 1.29 is 8.42 Å². The summed E-state index contributed by atoms with van der Waals surface area (Å²) in [4.78, 5) is 14.9. The first kappa shape index (κ1) is 15.2. The third-order valence-electron chi connectivity index (χ3n) is 4.28. The number of aryl methyl sites for hydroxylation is 1. The topological polar surface area (TPSA) is 79.0 Å². The molecule has 1 aromatic heterocycles. The number of benzene rings is 1. The molecule has 0 spiro atoms. The number of sulfonamides is 1. The molecule has 1 aliphatic carbocycles. The van der Waals surface area contributed by atoms with Gasteiger partial charge in [-0.2, -0.15) is 0 Å². The minimum absolute atomic E-state index is 0.0397. The van der Waals surface area contributed by atoms with Crippen molar-refractivity contribution in [3.05, 3.63) is 45.7 Å². The van der Waals surface area contributed by atoms with Gasteiger partial charge in [-0.3, -0.25) is 4.79 Å². The van der Waals surface area contributed by atoms with Gasteiger partial charge in [-0.25, -0.2) is 13.1 Å². The molecular formula is C16H20N2O3S. The van der Waals surface area contributed by atoms with Crippen molar-refractivity contribution in [3.8, 4) is 0 Å². The van der Waals surface area contributed by atoms with Crippen LogP contribution in [0.2, 0.25) is 0 Å². The predicted octanol–water partition coefficient (Wildman–Crippen LogP) is 2.20. The smallest absolute Gasteiger partial charge is 0.252 e. The molecule has 1 aliphatic rings. The third-order valence-corrected chi connectivity index (χ3v) is 6.18. The summed E-state index contributed by atoms with van der Waals surface area (Å²) in [6.45, 7) is 2.02. The van der Waals surface area contributed by atoms with Gasteiger partial charge < -0.3 is 4.98 Å². The van der Waals surface area contributed by atoms with Crippen LogP contribution in [0.4, 0.5) is 0 Å². The van der Waals surface area contributed by atoms with E-state index in [-0.39, 0.29) is 17.4 Å². The van der Waals surface area contributed by atoms with Crippen molar-refractivity contribution in [2.45, 2.75) is 44.4 Å². The number of nitrogens with one attached hydrogen (secondary N) is 2. The summed E-state index contributed by atoms with van der Waals surface area (Å²) in [5.41, 5.74) is 2.06. The summed E-state index contributed by atoms with van der Waals surface area (Å²) in [5.74, 6) is 0. The van der Waals surface area contributed by atoms with Crippen molar-refractivity contribution >= 4 is 20.9 Å². The second-order valence-electron chi connectivity index (χ2n) is 5.99. The molecule has 0 bridgehead atoms. The highest BCUT2D eigenvalue weighted by molar-refractivity contribution is 7.90. The Balaban J connectivity index is 1.84. The Morgan fingerprint density at radius 1 is 1.23 bits per heavy atom. The van der Waals surface area contributed by atoms with Gasteiger partial charge in [0.05, 0.1) is 5.25 Å². The Kier molecular flexibility index (Phi) is 4.06. The Morgan fingerprint density at radius 3 is 2.68 bits per heavy atom. The predicted molar refractivity (Wildman–Crippen MR) is 87.3 cm³/mol. The molecule has 0 saturated heterocycles. The van der Waals surface area contributed by atoms with Crippen molar-refractivity contribution in [2.24, 2.45) is 0 Å². The fourth-order valence-electron chi connectivity index (χ4n) is 3.00. The van der Waals surface area contributed by atoms with E-state index in [1.807, 2.05) is 25.1 Å². The molecule has 5 nitrogen and oxygen atoms in total. The van der Waals surface area contributed by atoms with Gasteiger partial charge in [-0.1, -0.05) is 24.5 Å². The molecule has 0 aliphatic heterocycles. The lowest BCUT2D eigenvalue weighted by atomic mass is 10.1. The number of H-pyrrole nitrogens is 1. The van der Waals surface area contributed by atoms with E-state index in [9.17, 15) is 13.2 Å². The number of hydrogen-bond acceptors (Lipinski definition) is 3. The molecule has 1 fully saturated rings. The Labute approximate surface area is 129 Å². The third kappa shape index (κ3) is 3.08. The van der Waals surface area contributed by atoms with E-state index in [2.05, 4.69) is 9.71 Å². The van der Waals surface area contributed by atoms with E-state index < -0.39 is 10.0 Å². The van der Waals surface area contributed by atoms with Crippen molar-refractivity contribution in [1.82, 2.24) is 9.71 Å². The summed E-state index contributed by atoms with van der Waals surface area (Å²) in [6.07, 6.45) is 3.34. The summed E-state index contributed by atoms with van der Waals surface area (Å²) < 4.78 is 27.0. The maximum Gasteiger partial charge on any atom is 0.252 e. The summed E-state index contributed by atoms with van der Waals surface area (Å²) in [7, 11) is -3.34. The maximum atomic E-state index is 12.2. The number of aromatic nitrogens is 1. The van der Waals surface area contributed by atoms with E-state index in [0.29, 0.717) is 18.4 Å². The molecular weight excluding hydrogens is 300 g/mol. The first-order valence-corrected chi connectivity index (χ1v) is 9.11. The van der Waals surface area contributed by atoms with Crippen molar-refractivity contribution in [3.63, 3.8) is 0 Å². The molecule has 22 heavy (non-hydrogen) atoms. The number of fused-ring (bicyclic) bond motifs is 1. The fraction of sp³-hybridized carbons (Fsp3) is 0.438. The van der Waals surface area contributed by atoms with E-state index in [1.165, 1.54) is 0 Å². The molecule has 2 N–H and O–H groups in total. The normalized spacial score (nSPS) is 16.4. The Hall–Kier alpha value is -1.66. The highest BCUT2D eigenvalue weighted by atomic mass is 32.2. The van der Waals surface area contributed by atoms with Crippen LogP contribution in [0.15, 0.2) is 29.1 Å². The molecule has 0 radical (unpaired) electrons. The molecule has 1 saturated carbocycles. The van der Waals surface area contributed by atoms with Gasteiger partial charge in [0.1, 0.15) is 0 Å². The molecule has 1 aromatic carbocycles. The molecule has 6 heteroatoms. The van der Waals surface area contributed by atoms with Crippen molar-refractivity contribution in [1.29, 1.82) is 0 Å². The maximum absolute atomic E-state index is 12.2. The van der Waals surface area contributed by atoms with Crippen LogP contribution in [0.3, 0.4) is 0 Å². The van der Waals surface area contributed by atoms with Crippen LogP contribution in [-0.2, 0) is 16.6 Å². The fourth-order valence-corrected chi connectivity index (χ4v) is 4.54. The summed E-state index contributed by atoms with van der Waals surface area (Å²) >= 11 is 0. The minimum atomic E-state index is -3.34. The molecule has 118 valence electrons. The lowest BCUT2D eigenvalue weighted by molar-refractivity contribution is 0.564. The molecule has 0 amide bonds. The van der Waals surface area contributed by atoms with Crippen LogP contribution in [0.5, 0.6) is 0 Å². The Bertz CT molecular complexity index is 849. The second kappa shape index (κ2) is 5.85. The first-order chi connectivity index (χ1) is 10.5. The SMILES string of the molecule is Cc1ccc2[nH]c(=O)c(CNS(=O)(=O)C3CCCC3)cc2c1. The molecule has 2 aromatic rings. The standard InChI is InChI=1S/C16H20N2O3S/c1-11-6-7-15-12(8-11)9-13(16(19)18-15)10-17-22(20,21)14-4-2-3-5-14/h6-9,14,17H,2-5,10H2,1H3,(H,18,19). The van der Waals surface area contributed by atoms with Crippen LogP contribution in [0.25, 0.3) is 10.9 Å². The van der Waals surface area contributed by atoms with E-state index in [0.717, 1.165) is 29.3 Å². The quantitative estimate of drug-likeness (QED) is 0.906. The zero-order chi connectivity index (χ0) is 15.7. The van der Waals surface area contributed by atoms with Crippen LogP contribution < -0.4 is 10.3 Å². The first-order valence-electron chi connectivity index (χ1n) is 7.57. The van der Waals surface area contributed by atoms with Gasteiger partial charge in [0.15, 0.2) is 0 Å². The number of rotatable bonds is 4. The van der Waals surface area contributed by atoms with Gasteiger partial charge in [0, 0.05) is 17.6 Å².